The van der Waals surface area contributed by atoms with E-state index in [0.717, 1.165) is 6.42 Å². The average Bonchev–Trinajstić information content (AvgIpc) is 2.66. The van der Waals surface area contributed by atoms with Gasteiger partial charge in [0.15, 0.2) is 5.03 Å². The SMILES string of the molecule is COCn1nccc1S(=O)(=O)NCCC(C)C. The van der Waals surface area contributed by atoms with E-state index in [0.29, 0.717) is 12.5 Å². The van der Waals surface area contributed by atoms with Crippen LogP contribution >= 0.6 is 0 Å². The van der Waals surface area contributed by atoms with E-state index >= 15 is 0 Å². The Morgan fingerprint density at radius 3 is 2.82 bits per heavy atom. The van der Waals surface area contributed by atoms with Crippen LogP contribution in [0.1, 0.15) is 20.3 Å². The molecular formula is C10H19N3O3S. The minimum Gasteiger partial charge on any atom is -0.362 e. The Morgan fingerprint density at radius 1 is 1.53 bits per heavy atom. The second-order valence-electron chi connectivity index (χ2n) is 4.17. The van der Waals surface area contributed by atoms with Gasteiger partial charge in [-0.2, -0.15) is 5.10 Å². The third-order valence-electron chi connectivity index (χ3n) is 2.22. The van der Waals surface area contributed by atoms with Crippen LogP contribution in [0.3, 0.4) is 0 Å². The molecule has 0 bridgehead atoms. The molecule has 6 nitrogen and oxygen atoms in total. The van der Waals surface area contributed by atoms with Gasteiger partial charge in [0.05, 0.1) is 6.20 Å². The summed E-state index contributed by atoms with van der Waals surface area (Å²) >= 11 is 0. The maximum Gasteiger partial charge on any atom is 0.257 e. The summed E-state index contributed by atoms with van der Waals surface area (Å²) in [5.74, 6) is 0.460. The van der Waals surface area contributed by atoms with Gasteiger partial charge in [-0.1, -0.05) is 13.8 Å². The van der Waals surface area contributed by atoms with Crippen molar-refractivity contribution in [3.05, 3.63) is 12.3 Å². The number of nitrogens with zero attached hydrogens (tertiary/aromatic N) is 2. The summed E-state index contributed by atoms with van der Waals surface area (Å²) in [5, 5.41) is 4.02. The lowest BCUT2D eigenvalue weighted by Gasteiger charge is -2.09. The fraction of sp³-hybridized carbons (Fsp3) is 0.700. The molecule has 1 rings (SSSR count). The zero-order valence-electron chi connectivity index (χ0n) is 10.4. The first-order chi connectivity index (χ1) is 7.97. The molecule has 0 fully saturated rings. The molecule has 0 spiro atoms. The first kappa shape index (κ1) is 14.1. The molecule has 1 N–H and O–H groups in total. The maximum atomic E-state index is 11.9. The summed E-state index contributed by atoms with van der Waals surface area (Å²) in [6.07, 6.45) is 2.24. The van der Waals surface area contributed by atoms with Crippen molar-refractivity contribution in [2.75, 3.05) is 13.7 Å². The van der Waals surface area contributed by atoms with E-state index in [2.05, 4.69) is 9.82 Å². The summed E-state index contributed by atoms with van der Waals surface area (Å²) in [6, 6.07) is 1.46. The fourth-order valence-corrected chi connectivity index (χ4v) is 2.48. The Kier molecular flexibility index (Phi) is 5.10. The predicted molar refractivity (Wildman–Crippen MR) is 63.9 cm³/mol. The van der Waals surface area contributed by atoms with Gasteiger partial charge in [0.25, 0.3) is 10.0 Å². The molecule has 1 aromatic heterocycles. The monoisotopic (exact) mass is 261 g/mol. The van der Waals surface area contributed by atoms with Crippen LogP contribution in [0, 0.1) is 5.92 Å². The summed E-state index contributed by atoms with van der Waals surface area (Å²) in [5.41, 5.74) is 0. The molecule has 0 aromatic carbocycles. The van der Waals surface area contributed by atoms with Crippen LogP contribution in [-0.2, 0) is 21.5 Å². The van der Waals surface area contributed by atoms with Crippen molar-refractivity contribution in [1.29, 1.82) is 0 Å². The van der Waals surface area contributed by atoms with Crippen molar-refractivity contribution >= 4 is 10.0 Å². The van der Waals surface area contributed by atoms with Crippen molar-refractivity contribution in [1.82, 2.24) is 14.5 Å². The van der Waals surface area contributed by atoms with Gasteiger partial charge >= 0.3 is 0 Å². The molecule has 0 saturated carbocycles. The minimum absolute atomic E-state index is 0.118. The van der Waals surface area contributed by atoms with E-state index in [1.807, 2.05) is 13.8 Å². The predicted octanol–water partition coefficient (Wildman–Crippen LogP) is 0.811. The van der Waals surface area contributed by atoms with Crippen LogP contribution in [0.15, 0.2) is 17.3 Å². The average molecular weight is 261 g/mol. The minimum atomic E-state index is -3.49. The highest BCUT2D eigenvalue weighted by Gasteiger charge is 2.18. The molecule has 1 aromatic rings. The number of hydrogen-bond acceptors (Lipinski definition) is 4. The Bertz CT molecular complexity index is 439. The number of nitrogens with one attached hydrogen (secondary N) is 1. The van der Waals surface area contributed by atoms with E-state index in [1.54, 1.807) is 0 Å². The molecule has 0 atom stereocenters. The van der Waals surface area contributed by atoms with Crippen molar-refractivity contribution < 1.29 is 13.2 Å². The molecule has 7 heteroatoms. The van der Waals surface area contributed by atoms with Gasteiger partial charge in [-0.05, 0) is 18.4 Å². The first-order valence-electron chi connectivity index (χ1n) is 5.48. The second kappa shape index (κ2) is 6.13. The van der Waals surface area contributed by atoms with Gasteiger partial charge in [-0.3, -0.25) is 0 Å². The van der Waals surface area contributed by atoms with Crippen molar-refractivity contribution in [3.8, 4) is 0 Å². The molecule has 0 radical (unpaired) electrons. The number of sulfonamides is 1. The van der Waals surface area contributed by atoms with Crippen molar-refractivity contribution in [3.63, 3.8) is 0 Å². The second-order valence-corrected chi connectivity index (χ2v) is 5.88. The third-order valence-corrected chi connectivity index (χ3v) is 3.70. The Labute approximate surface area is 102 Å². The highest BCUT2D eigenvalue weighted by atomic mass is 32.2. The Balaban J connectivity index is 2.72. The van der Waals surface area contributed by atoms with Crippen LogP contribution < -0.4 is 4.72 Å². The highest BCUT2D eigenvalue weighted by Crippen LogP contribution is 2.08. The molecule has 1 heterocycles. The first-order valence-corrected chi connectivity index (χ1v) is 6.96. The van der Waals surface area contributed by atoms with E-state index in [9.17, 15) is 8.42 Å². The van der Waals surface area contributed by atoms with E-state index < -0.39 is 10.0 Å². The molecule has 0 aliphatic carbocycles. The topological polar surface area (TPSA) is 73.2 Å². The zero-order valence-corrected chi connectivity index (χ0v) is 11.2. The van der Waals surface area contributed by atoms with Gasteiger partial charge in [0, 0.05) is 13.7 Å². The molecule has 17 heavy (non-hydrogen) atoms. The van der Waals surface area contributed by atoms with Crippen molar-refractivity contribution in [2.45, 2.75) is 32.0 Å². The van der Waals surface area contributed by atoms with Crippen LogP contribution in [0.5, 0.6) is 0 Å². The number of methoxy groups -OCH3 is 1. The van der Waals surface area contributed by atoms with Gasteiger partial charge in [-0.25, -0.2) is 17.8 Å². The quantitative estimate of drug-likeness (QED) is 0.788. The smallest absolute Gasteiger partial charge is 0.257 e. The largest absolute Gasteiger partial charge is 0.362 e. The molecular weight excluding hydrogens is 242 g/mol. The van der Waals surface area contributed by atoms with E-state index in [4.69, 9.17) is 4.74 Å². The normalized spacial score (nSPS) is 12.2. The van der Waals surface area contributed by atoms with Crippen LogP contribution in [0.25, 0.3) is 0 Å². The van der Waals surface area contributed by atoms with Crippen LogP contribution in [0.2, 0.25) is 0 Å². The lowest BCUT2D eigenvalue weighted by atomic mass is 10.1. The molecule has 0 saturated heterocycles. The number of ether oxygens (including phenoxy) is 1. The van der Waals surface area contributed by atoms with Crippen LogP contribution in [-0.4, -0.2) is 31.9 Å². The molecule has 98 valence electrons. The van der Waals surface area contributed by atoms with Gasteiger partial charge < -0.3 is 4.74 Å². The van der Waals surface area contributed by atoms with Crippen molar-refractivity contribution in [2.24, 2.45) is 5.92 Å². The fourth-order valence-electron chi connectivity index (χ4n) is 1.32. The van der Waals surface area contributed by atoms with E-state index in [-0.39, 0.29) is 11.8 Å². The summed E-state index contributed by atoms with van der Waals surface area (Å²) in [6.45, 7) is 4.64. The molecule has 0 unspecified atom stereocenters. The maximum absolute atomic E-state index is 11.9. The summed E-state index contributed by atoms with van der Waals surface area (Å²) < 4.78 is 32.6. The number of hydrogen-bond donors (Lipinski definition) is 1. The molecule has 0 amide bonds. The van der Waals surface area contributed by atoms with Gasteiger partial charge in [-0.15, -0.1) is 0 Å². The lowest BCUT2D eigenvalue weighted by molar-refractivity contribution is 0.112. The molecule has 0 aliphatic rings. The lowest BCUT2D eigenvalue weighted by Crippen LogP contribution is -2.28. The number of rotatable bonds is 7. The standard InChI is InChI=1S/C10H19N3O3S/c1-9(2)4-7-12-17(14,15)10-5-6-11-13(10)8-16-3/h5-6,9,12H,4,7-8H2,1-3H3. The Morgan fingerprint density at radius 2 is 2.24 bits per heavy atom. The van der Waals surface area contributed by atoms with Gasteiger partial charge in [0.2, 0.25) is 0 Å². The van der Waals surface area contributed by atoms with Gasteiger partial charge in [0.1, 0.15) is 6.73 Å². The zero-order chi connectivity index (χ0) is 12.9. The summed E-state index contributed by atoms with van der Waals surface area (Å²) in [7, 11) is -2.00. The molecule has 0 aliphatic heterocycles. The Hall–Kier alpha value is -0.920. The van der Waals surface area contributed by atoms with Crippen LogP contribution in [0.4, 0.5) is 0 Å². The summed E-state index contributed by atoms with van der Waals surface area (Å²) in [4.78, 5) is 0. The number of aromatic nitrogens is 2. The highest BCUT2D eigenvalue weighted by molar-refractivity contribution is 7.89. The third kappa shape index (κ3) is 4.10. The van der Waals surface area contributed by atoms with E-state index in [1.165, 1.54) is 24.1 Å².